The second-order valence-electron chi connectivity index (χ2n) is 8.10. The van der Waals surface area contributed by atoms with Crippen LogP contribution in [0.1, 0.15) is 23.0 Å². The van der Waals surface area contributed by atoms with Gasteiger partial charge in [-0.25, -0.2) is 0 Å². The van der Waals surface area contributed by atoms with E-state index in [0.29, 0.717) is 53.0 Å². The topological polar surface area (TPSA) is 97.8 Å². The standard InChI is InChI=1S/C28H24N4O4/c1-18(14-22(17-29-2)36-21-6-4-3-5-7-21)19-8-10-24-23(15-19)27(32-31-24)28(33)30-20-9-11-25-26(16-20)35-13-12-34-25/h3-11,14-17H,2,12-13H2,1H3,(H,30,33)(H,31,32)/b18-14+,22-17+. The highest BCUT2D eigenvalue weighted by atomic mass is 16.6. The number of hydrogen-bond acceptors (Lipinski definition) is 6. The quantitative estimate of drug-likeness (QED) is 0.204. The zero-order valence-corrected chi connectivity index (χ0v) is 19.7. The molecule has 3 aromatic carbocycles. The predicted octanol–water partition coefficient (Wildman–Crippen LogP) is 5.61. The lowest BCUT2D eigenvalue weighted by molar-refractivity contribution is 0.102. The maximum Gasteiger partial charge on any atom is 0.276 e. The van der Waals surface area contributed by atoms with Gasteiger partial charge in [0.05, 0.1) is 11.7 Å². The highest BCUT2D eigenvalue weighted by Gasteiger charge is 2.17. The van der Waals surface area contributed by atoms with E-state index in [1.165, 1.54) is 0 Å². The minimum absolute atomic E-state index is 0.290. The number of aliphatic imine (C=N–C) groups is 1. The molecule has 8 heteroatoms. The van der Waals surface area contributed by atoms with Gasteiger partial charge in [0, 0.05) is 17.1 Å². The van der Waals surface area contributed by atoms with E-state index in [1.54, 1.807) is 24.4 Å². The molecule has 1 amide bonds. The fourth-order valence-electron chi connectivity index (χ4n) is 3.85. The Morgan fingerprint density at radius 3 is 2.69 bits per heavy atom. The summed E-state index contributed by atoms with van der Waals surface area (Å²) < 4.78 is 17.1. The minimum atomic E-state index is -0.333. The van der Waals surface area contributed by atoms with Crippen LogP contribution < -0.4 is 19.5 Å². The van der Waals surface area contributed by atoms with Crippen LogP contribution in [0.5, 0.6) is 17.2 Å². The molecule has 36 heavy (non-hydrogen) atoms. The van der Waals surface area contributed by atoms with E-state index in [4.69, 9.17) is 14.2 Å². The van der Waals surface area contributed by atoms with Crippen molar-refractivity contribution in [2.24, 2.45) is 4.99 Å². The van der Waals surface area contributed by atoms with E-state index in [9.17, 15) is 4.79 Å². The molecule has 0 saturated heterocycles. The van der Waals surface area contributed by atoms with Crippen LogP contribution in [0.15, 0.2) is 89.8 Å². The van der Waals surface area contributed by atoms with Crippen LogP contribution in [0.4, 0.5) is 5.69 Å². The first-order valence-corrected chi connectivity index (χ1v) is 11.4. The number of hydrogen-bond donors (Lipinski definition) is 2. The van der Waals surface area contributed by atoms with Crippen molar-refractivity contribution in [3.05, 3.63) is 96.0 Å². The fraction of sp³-hybridized carbons (Fsp3) is 0.107. The summed E-state index contributed by atoms with van der Waals surface area (Å²) in [6, 6.07) is 20.5. The number of allylic oxidation sites excluding steroid dienone is 2. The zero-order chi connectivity index (χ0) is 24.9. The third kappa shape index (κ3) is 4.97. The van der Waals surface area contributed by atoms with E-state index >= 15 is 0 Å². The van der Waals surface area contributed by atoms with Gasteiger partial charge in [0.15, 0.2) is 17.2 Å². The number of H-pyrrole nitrogens is 1. The maximum absolute atomic E-state index is 13.1. The molecular formula is C28H24N4O4. The van der Waals surface area contributed by atoms with E-state index < -0.39 is 0 Å². The third-order valence-corrected chi connectivity index (χ3v) is 5.59. The molecule has 0 bridgehead atoms. The number of ether oxygens (including phenoxy) is 3. The van der Waals surface area contributed by atoms with Crippen LogP contribution >= 0.6 is 0 Å². The molecule has 0 spiro atoms. The third-order valence-electron chi connectivity index (χ3n) is 5.59. The number of rotatable bonds is 7. The summed E-state index contributed by atoms with van der Waals surface area (Å²) in [5.74, 6) is 2.16. The number of benzene rings is 3. The van der Waals surface area contributed by atoms with E-state index in [-0.39, 0.29) is 5.91 Å². The van der Waals surface area contributed by atoms with Gasteiger partial charge in [0.25, 0.3) is 5.91 Å². The van der Waals surface area contributed by atoms with Gasteiger partial charge in [-0.1, -0.05) is 24.3 Å². The average molecular weight is 481 g/mol. The Hall–Kier alpha value is -4.85. The van der Waals surface area contributed by atoms with Gasteiger partial charge in [0.1, 0.15) is 24.7 Å². The molecule has 0 unspecified atom stereocenters. The molecule has 0 atom stereocenters. The number of anilines is 1. The zero-order valence-electron chi connectivity index (χ0n) is 19.7. The van der Waals surface area contributed by atoms with Crippen LogP contribution in [-0.2, 0) is 0 Å². The van der Waals surface area contributed by atoms with Gasteiger partial charge in [-0.3, -0.25) is 14.9 Å². The van der Waals surface area contributed by atoms with E-state index in [1.807, 2.05) is 61.5 Å². The number of aromatic amines is 1. The molecule has 2 N–H and O–H groups in total. The maximum atomic E-state index is 13.1. The second-order valence-corrected chi connectivity index (χ2v) is 8.10. The average Bonchev–Trinajstić information content (AvgIpc) is 3.33. The first kappa shape index (κ1) is 22.9. The van der Waals surface area contributed by atoms with Crippen LogP contribution in [0, 0.1) is 0 Å². The van der Waals surface area contributed by atoms with Crippen molar-refractivity contribution in [1.82, 2.24) is 10.2 Å². The molecule has 0 fully saturated rings. The van der Waals surface area contributed by atoms with Crippen LogP contribution in [0.25, 0.3) is 16.5 Å². The number of nitrogens with one attached hydrogen (secondary N) is 2. The number of aromatic nitrogens is 2. The van der Waals surface area contributed by atoms with E-state index in [2.05, 4.69) is 27.2 Å². The Labute approximate surface area is 207 Å². The summed E-state index contributed by atoms with van der Waals surface area (Å²) in [5, 5.41) is 10.8. The molecule has 1 aliphatic heterocycles. The summed E-state index contributed by atoms with van der Waals surface area (Å²) in [4.78, 5) is 16.9. The number of fused-ring (bicyclic) bond motifs is 2. The number of amides is 1. The van der Waals surface area contributed by atoms with Crippen molar-refractivity contribution in [2.45, 2.75) is 6.92 Å². The predicted molar refractivity (Wildman–Crippen MR) is 140 cm³/mol. The van der Waals surface area contributed by atoms with Gasteiger partial charge >= 0.3 is 0 Å². The Balaban J connectivity index is 1.39. The Kier molecular flexibility index (Phi) is 6.48. The van der Waals surface area contributed by atoms with Crippen molar-refractivity contribution in [3.8, 4) is 17.2 Å². The Morgan fingerprint density at radius 2 is 1.89 bits per heavy atom. The van der Waals surface area contributed by atoms with Gasteiger partial charge in [-0.2, -0.15) is 5.10 Å². The Morgan fingerprint density at radius 1 is 1.08 bits per heavy atom. The summed E-state index contributed by atoms with van der Waals surface area (Å²) in [6.07, 6.45) is 3.43. The normalized spacial score (nSPS) is 13.4. The van der Waals surface area contributed by atoms with Crippen molar-refractivity contribution in [1.29, 1.82) is 0 Å². The number of para-hydroxylation sites is 1. The highest BCUT2D eigenvalue weighted by molar-refractivity contribution is 6.11. The lowest BCUT2D eigenvalue weighted by Crippen LogP contribution is -2.16. The van der Waals surface area contributed by atoms with Crippen molar-refractivity contribution >= 4 is 34.8 Å². The Bertz CT molecular complexity index is 1490. The largest absolute Gasteiger partial charge is 0.486 e. The SMILES string of the molecule is C=N/C=C(\C=C(/C)c1ccc2[nH]nc(C(=O)Nc3ccc4c(c3)OCCO4)c2c1)Oc1ccccc1. The molecule has 5 rings (SSSR count). The molecule has 0 saturated carbocycles. The number of nitrogens with zero attached hydrogens (tertiary/aromatic N) is 2. The monoisotopic (exact) mass is 480 g/mol. The summed E-state index contributed by atoms with van der Waals surface area (Å²) in [7, 11) is 0. The van der Waals surface area contributed by atoms with Gasteiger partial charge in [0.2, 0.25) is 0 Å². The lowest BCUT2D eigenvalue weighted by atomic mass is 10.0. The molecule has 180 valence electrons. The van der Waals surface area contributed by atoms with Crippen molar-refractivity contribution in [3.63, 3.8) is 0 Å². The summed E-state index contributed by atoms with van der Waals surface area (Å²) in [5.41, 5.74) is 3.46. The second kappa shape index (κ2) is 10.2. The van der Waals surface area contributed by atoms with Gasteiger partial charge in [-0.15, -0.1) is 0 Å². The molecule has 0 aliphatic carbocycles. The molecular weight excluding hydrogens is 456 g/mol. The lowest BCUT2D eigenvalue weighted by Gasteiger charge is -2.18. The van der Waals surface area contributed by atoms with Gasteiger partial charge in [-0.05, 0) is 67.3 Å². The van der Waals surface area contributed by atoms with Crippen LogP contribution in [0.2, 0.25) is 0 Å². The van der Waals surface area contributed by atoms with Crippen LogP contribution in [0.3, 0.4) is 0 Å². The van der Waals surface area contributed by atoms with Gasteiger partial charge < -0.3 is 19.5 Å². The molecule has 2 heterocycles. The first-order chi connectivity index (χ1) is 17.6. The smallest absolute Gasteiger partial charge is 0.276 e. The minimum Gasteiger partial charge on any atom is -0.486 e. The molecule has 0 radical (unpaired) electrons. The molecule has 4 aromatic rings. The summed E-state index contributed by atoms with van der Waals surface area (Å²) >= 11 is 0. The first-order valence-electron chi connectivity index (χ1n) is 11.4. The highest BCUT2D eigenvalue weighted by Crippen LogP contribution is 2.33. The fourth-order valence-corrected chi connectivity index (χ4v) is 3.85. The van der Waals surface area contributed by atoms with Crippen LogP contribution in [-0.4, -0.2) is 36.0 Å². The molecule has 1 aliphatic rings. The summed E-state index contributed by atoms with van der Waals surface area (Å²) in [6.45, 7) is 6.48. The van der Waals surface area contributed by atoms with Crippen molar-refractivity contribution in [2.75, 3.05) is 18.5 Å². The number of carbonyl (C=O) groups excluding carboxylic acids is 1. The molecule has 8 nitrogen and oxygen atoms in total. The molecule has 1 aromatic heterocycles. The number of carbonyl (C=O) groups is 1. The van der Waals surface area contributed by atoms with Crippen molar-refractivity contribution < 1.29 is 19.0 Å². The van der Waals surface area contributed by atoms with E-state index in [0.717, 1.165) is 16.7 Å².